The molecule has 378 valence electrons. The summed E-state index contributed by atoms with van der Waals surface area (Å²) in [6, 6.07) is 21.4. The maximum atomic E-state index is 13.7. The van der Waals surface area contributed by atoms with Gasteiger partial charge in [-0.3, -0.25) is 10.1 Å². The topological polar surface area (TPSA) is 133 Å². The third kappa shape index (κ3) is 21.3. The summed E-state index contributed by atoms with van der Waals surface area (Å²) in [5.74, 6) is 0.717. The molecule has 0 aliphatic rings. The number of hydrogen-bond donors (Lipinski definition) is 0. The fourth-order valence-electron chi connectivity index (χ4n) is 7.99. The number of carbonyl (C=O) groups is 2. The Kier molecular flexibility index (Phi) is 27.5. The zero-order valence-electron chi connectivity index (χ0n) is 42.3. The molecule has 4 aromatic carbocycles. The monoisotopic (exact) mass is 952 g/mol. The molecule has 0 unspecified atom stereocenters. The number of benzene rings is 4. The van der Waals surface area contributed by atoms with Crippen LogP contribution in [0, 0.1) is 10.1 Å². The van der Waals surface area contributed by atoms with Crippen LogP contribution in [0.15, 0.2) is 78.9 Å². The SMILES string of the molecule is CCCCCCCCOc1ccc(C(=O)Oc2ccc(-c3ccc(OC(=O)c4ccc(OCCCCCCCC)cc4OCCCCCCCC)c([N+](=O)[O-])c3)cc2)c(OCCCCCCCC)c1. The van der Waals surface area contributed by atoms with Crippen molar-refractivity contribution in [2.24, 2.45) is 0 Å². The van der Waals surface area contributed by atoms with E-state index < -0.39 is 16.9 Å². The molecule has 0 saturated carbocycles. The zero-order valence-corrected chi connectivity index (χ0v) is 42.3. The van der Waals surface area contributed by atoms with Crippen LogP contribution in [0.2, 0.25) is 0 Å². The van der Waals surface area contributed by atoms with E-state index in [1.165, 1.54) is 102 Å². The Labute approximate surface area is 413 Å². The molecule has 4 aromatic rings. The lowest BCUT2D eigenvalue weighted by atomic mass is 10.0. The molecule has 11 nitrogen and oxygen atoms in total. The number of esters is 2. The van der Waals surface area contributed by atoms with Gasteiger partial charge >= 0.3 is 17.6 Å². The van der Waals surface area contributed by atoms with Crippen molar-refractivity contribution in [2.45, 2.75) is 182 Å². The number of unbranched alkanes of at least 4 members (excludes halogenated alkanes) is 20. The number of nitro groups is 1. The molecular formula is C58H81NO10. The third-order valence-corrected chi connectivity index (χ3v) is 12.1. The van der Waals surface area contributed by atoms with Gasteiger partial charge in [0.1, 0.15) is 39.9 Å². The zero-order chi connectivity index (χ0) is 49.3. The van der Waals surface area contributed by atoms with E-state index in [9.17, 15) is 19.7 Å². The molecule has 69 heavy (non-hydrogen) atoms. The molecule has 0 aromatic heterocycles. The molecule has 0 aliphatic carbocycles. The maximum Gasteiger partial charge on any atom is 0.347 e. The van der Waals surface area contributed by atoms with Crippen molar-refractivity contribution in [1.82, 2.24) is 0 Å². The summed E-state index contributed by atoms with van der Waals surface area (Å²) in [4.78, 5) is 39.1. The molecule has 0 fully saturated rings. The minimum Gasteiger partial charge on any atom is -0.493 e. The highest BCUT2D eigenvalue weighted by molar-refractivity contribution is 5.95. The summed E-state index contributed by atoms with van der Waals surface area (Å²) >= 11 is 0. The minimum atomic E-state index is -0.774. The van der Waals surface area contributed by atoms with Gasteiger partial charge < -0.3 is 28.4 Å². The first-order valence-electron chi connectivity index (χ1n) is 26.4. The number of nitro benzene ring substituents is 1. The molecule has 0 bridgehead atoms. The smallest absolute Gasteiger partial charge is 0.347 e. The van der Waals surface area contributed by atoms with E-state index in [4.69, 9.17) is 28.4 Å². The van der Waals surface area contributed by atoms with Crippen LogP contribution in [0.3, 0.4) is 0 Å². The van der Waals surface area contributed by atoms with E-state index in [1.807, 2.05) is 0 Å². The Bertz CT molecular complexity index is 2080. The molecule has 0 saturated heterocycles. The first-order chi connectivity index (χ1) is 33.8. The number of ether oxygens (including phenoxy) is 6. The standard InChI is InChI=1S/C58H81NO10/c1-5-9-13-17-21-25-39-64-49-34-36-51(55(44-49)66-41-27-23-19-15-11-7-3)57(60)68-48-32-29-46(30-33-48)47-31-38-54(53(43-47)59(62)63)69-58(61)52-37-35-50(65-40-26-22-18-14-10-6-2)45-56(52)67-42-28-24-20-16-12-8-4/h29-38,43-45H,5-28,39-42H2,1-4H3. The highest BCUT2D eigenvalue weighted by atomic mass is 16.6. The average Bonchev–Trinajstić information content (AvgIpc) is 3.35. The third-order valence-electron chi connectivity index (χ3n) is 12.1. The minimum absolute atomic E-state index is 0.153. The number of hydrogen-bond acceptors (Lipinski definition) is 10. The van der Waals surface area contributed by atoms with Crippen molar-refractivity contribution in [3.63, 3.8) is 0 Å². The Morgan fingerprint density at radius 3 is 1.17 bits per heavy atom. The van der Waals surface area contributed by atoms with Gasteiger partial charge in [-0.25, -0.2) is 9.59 Å². The van der Waals surface area contributed by atoms with Crippen molar-refractivity contribution in [3.8, 4) is 45.6 Å². The fraction of sp³-hybridized carbons (Fsp3) is 0.552. The van der Waals surface area contributed by atoms with Crippen molar-refractivity contribution in [3.05, 3.63) is 100 Å². The molecule has 0 radical (unpaired) electrons. The van der Waals surface area contributed by atoms with E-state index in [1.54, 1.807) is 66.7 Å². The van der Waals surface area contributed by atoms with Crippen LogP contribution in [0.25, 0.3) is 11.1 Å². The summed E-state index contributed by atoms with van der Waals surface area (Å²) in [7, 11) is 0. The first-order valence-corrected chi connectivity index (χ1v) is 26.4. The fourth-order valence-corrected chi connectivity index (χ4v) is 7.99. The number of carbonyl (C=O) groups excluding carboxylic acids is 2. The molecule has 11 heteroatoms. The van der Waals surface area contributed by atoms with Crippen molar-refractivity contribution in [1.29, 1.82) is 0 Å². The molecule has 0 N–H and O–H groups in total. The van der Waals surface area contributed by atoms with Crippen molar-refractivity contribution in [2.75, 3.05) is 26.4 Å². The normalized spacial score (nSPS) is 11.0. The highest BCUT2D eigenvalue weighted by Gasteiger charge is 2.24. The molecule has 0 heterocycles. The number of rotatable bonds is 38. The molecule has 0 atom stereocenters. The van der Waals surface area contributed by atoms with E-state index in [2.05, 4.69) is 27.7 Å². The molecule has 0 aliphatic heterocycles. The van der Waals surface area contributed by atoms with E-state index in [0.717, 1.165) is 64.2 Å². The summed E-state index contributed by atoms with van der Waals surface area (Å²) in [5, 5.41) is 12.4. The number of nitrogens with zero attached hydrogens (tertiary/aromatic N) is 1. The summed E-state index contributed by atoms with van der Waals surface area (Å²) in [6.07, 6.45) is 27.0. The van der Waals surface area contributed by atoms with Gasteiger partial charge in [0.05, 0.1) is 31.4 Å². The van der Waals surface area contributed by atoms with Crippen LogP contribution in [0.5, 0.6) is 34.5 Å². The molecular weight excluding hydrogens is 871 g/mol. The summed E-state index contributed by atoms with van der Waals surface area (Å²) < 4.78 is 35.9. The van der Waals surface area contributed by atoms with E-state index >= 15 is 0 Å². The Balaban J connectivity index is 1.43. The second-order valence-corrected chi connectivity index (χ2v) is 18.0. The predicted molar refractivity (Wildman–Crippen MR) is 277 cm³/mol. The summed E-state index contributed by atoms with van der Waals surface area (Å²) in [6.45, 7) is 10.8. The van der Waals surface area contributed by atoms with Crippen LogP contribution in [0.4, 0.5) is 5.69 Å². The lowest BCUT2D eigenvalue weighted by Gasteiger charge is -2.14. The van der Waals surface area contributed by atoms with Crippen LogP contribution >= 0.6 is 0 Å². The van der Waals surface area contributed by atoms with Gasteiger partial charge in [0.2, 0.25) is 5.75 Å². The van der Waals surface area contributed by atoms with Gasteiger partial charge in [-0.15, -0.1) is 0 Å². The Morgan fingerprint density at radius 1 is 0.391 bits per heavy atom. The Morgan fingerprint density at radius 2 is 0.754 bits per heavy atom. The van der Waals surface area contributed by atoms with Crippen molar-refractivity contribution >= 4 is 17.6 Å². The lowest BCUT2D eigenvalue weighted by molar-refractivity contribution is -0.385. The lowest BCUT2D eigenvalue weighted by Crippen LogP contribution is -2.13. The predicted octanol–water partition coefficient (Wildman–Crippen LogP) is 16.7. The molecule has 0 amide bonds. The van der Waals surface area contributed by atoms with E-state index in [0.29, 0.717) is 71.9 Å². The van der Waals surface area contributed by atoms with Gasteiger partial charge in [0.15, 0.2) is 0 Å². The van der Waals surface area contributed by atoms with Crippen molar-refractivity contribution < 1.29 is 42.9 Å². The molecule has 4 rings (SSSR count). The van der Waals surface area contributed by atoms with Gasteiger partial charge in [-0.2, -0.15) is 0 Å². The second-order valence-electron chi connectivity index (χ2n) is 18.0. The van der Waals surface area contributed by atoms with Gasteiger partial charge in [0, 0.05) is 18.2 Å². The van der Waals surface area contributed by atoms with Crippen LogP contribution in [0.1, 0.15) is 203 Å². The van der Waals surface area contributed by atoms with E-state index in [-0.39, 0.29) is 17.0 Å². The molecule has 0 spiro atoms. The Hall–Kier alpha value is -5.58. The highest BCUT2D eigenvalue weighted by Crippen LogP contribution is 2.35. The largest absolute Gasteiger partial charge is 0.493 e. The van der Waals surface area contributed by atoms with Gasteiger partial charge in [-0.05, 0) is 79.3 Å². The van der Waals surface area contributed by atoms with Crippen LogP contribution in [-0.2, 0) is 0 Å². The first kappa shape index (κ1) is 56.0. The maximum absolute atomic E-state index is 13.7. The second kappa shape index (κ2) is 33.8. The van der Waals surface area contributed by atoms with Gasteiger partial charge in [0.25, 0.3) is 0 Å². The van der Waals surface area contributed by atoms with Crippen LogP contribution in [-0.4, -0.2) is 43.3 Å². The average molecular weight is 952 g/mol. The summed E-state index contributed by atoms with van der Waals surface area (Å²) in [5.41, 5.74) is 1.21. The van der Waals surface area contributed by atoms with Gasteiger partial charge in [-0.1, -0.05) is 174 Å². The van der Waals surface area contributed by atoms with Crippen LogP contribution < -0.4 is 28.4 Å². The quantitative estimate of drug-likeness (QED) is 0.0141.